The number of hydrogen-bond acceptors (Lipinski definition) is 5. The predicted molar refractivity (Wildman–Crippen MR) is 155 cm³/mol. The van der Waals surface area contributed by atoms with Crippen molar-refractivity contribution < 1.29 is 23.8 Å². The molecule has 5 nitrogen and oxygen atoms in total. The average Bonchev–Trinajstić information content (AvgIpc) is 3.28. The normalized spacial score (nSPS) is 14.2. The number of carbonyl (C=O) groups excluding carboxylic acids is 2. The first-order valence-corrected chi connectivity index (χ1v) is 13.1. The van der Waals surface area contributed by atoms with E-state index in [4.69, 9.17) is 14.2 Å². The van der Waals surface area contributed by atoms with E-state index in [0.29, 0.717) is 11.5 Å². The summed E-state index contributed by atoms with van der Waals surface area (Å²) in [4.78, 5) is 23.5. The zero-order valence-electron chi connectivity index (χ0n) is 22.5. The Morgan fingerprint density at radius 2 is 1.15 bits per heavy atom. The Bertz CT molecular complexity index is 1520. The summed E-state index contributed by atoms with van der Waals surface area (Å²) >= 11 is 0. The molecule has 0 saturated carbocycles. The molecule has 0 N–H and O–H groups in total. The van der Waals surface area contributed by atoms with Crippen molar-refractivity contribution >= 4 is 11.8 Å². The van der Waals surface area contributed by atoms with Crippen LogP contribution < -0.4 is 9.47 Å². The van der Waals surface area contributed by atoms with Crippen molar-refractivity contribution in [2.24, 2.45) is 0 Å². The van der Waals surface area contributed by atoms with Crippen LogP contribution in [0.2, 0.25) is 0 Å². The first-order chi connectivity index (χ1) is 19.4. The van der Waals surface area contributed by atoms with Gasteiger partial charge in [0.1, 0.15) is 11.5 Å². The highest BCUT2D eigenvalue weighted by Gasteiger charge is 2.45. The van der Waals surface area contributed by atoms with Crippen LogP contribution in [0.25, 0.3) is 11.1 Å². The lowest BCUT2D eigenvalue weighted by Crippen LogP contribution is -2.28. The maximum absolute atomic E-state index is 12.0. The molecular weight excluding hydrogens is 500 g/mol. The molecule has 0 aliphatic heterocycles. The molecule has 0 heterocycles. The summed E-state index contributed by atoms with van der Waals surface area (Å²) in [6, 6.07) is 32.7. The lowest BCUT2D eigenvalue weighted by molar-refractivity contribution is -0.154. The zero-order valence-corrected chi connectivity index (χ0v) is 22.5. The van der Waals surface area contributed by atoms with Crippen LogP contribution in [-0.2, 0) is 19.7 Å². The number of carbonyl (C=O) groups is 2. The molecule has 0 amide bonds. The molecule has 5 heteroatoms. The Labute approximate surface area is 234 Å². The smallest absolute Gasteiger partial charge is 0.333 e. The lowest BCUT2D eigenvalue weighted by atomic mass is 9.68. The summed E-state index contributed by atoms with van der Waals surface area (Å²) in [5.41, 5.74) is 6.19. The molecule has 4 aromatic carbocycles. The van der Waals surface area contributed by atoms with Crippen LogP contribution in [0.4, 0.5) is 0 Å². The molecule has 0 spiro atoms. The van der Waals surface area contributed by atoms with Crippen LogP contribution in [-0.4, -0.2) is 24.1 Å². The molecule has 0 fully saturated rings. The summed E-state index contributed by atoms with van der Waals surface area (Å²) in [7, 11) is 0. The van der Waals surface area contributed by atoms with Crippen molar-refractivity contribution in [3.05, 3.63) is 145 Å². The van der Waals surface area contributed by atoms with Gasteiger partial charge in [-0.3, -0.25) is 4.79 Å². The number of fused-ring (bicyclic) bond motifs is 3. The van der Waals surface area contributed by atoms with Crippen LogP contribution in [0.3, 0.4) is 0 Å². The maximum atomic E-state index is 12.0. The highest BCUT2D eigenvalue weighted by Crippen LogP contribution is 2.56. The van der Waals surface area contributed by atoms with E-state index in [2.05, 4.69) is 73.8 Å². The monoisotopic (exact) mass is 530 g/mol. The van der Waals surface area contributed by atoms with Crippen LogP contribution in [0, 0.1) is 0 Å². The second kappa shape index (κ2) is 11.1. The predicted octanol–water partition coefficient (Wildman–Crippen LogP) is 7.03. The molecule has 2 atom stereocenters. The van der Waals surface area contributed by atoms with Gasteiger partial charge in [-0.15, -0.1) is 0 Å². The highest BCUT2D eigenvalue weighted by atomic mass is 16.7. The minimum atomic E-state index is -0.763. The number of benzene rings is 4. The third-order valence-corrected chi connectivity index (χ3v) is 7.19. The molecule has 0 bridgehead atoms. The minimum absolute atomic E-state index is 0.171. The fourth-order valence-electron chi connectivity index (χ4n) is 5.45. The third-order valence-electron chi connectivity index (χ3n) is 7.19. The van der Waals surface area contributed by atoms with Gasteiger partial charge < -0.3 is 14.2 Å². The molecule has 200 valence electrons. The largest absolute Gasteiger partial charge is 0.483 e. The minimum Gasteiger partial charge on any atom is -0.483 e. The summed E-state index contributed by atoms with van der Waals surface area (Å²) in [5.74, 6) is 0.466. The van der Waals surface area contributed by atoms with Crippen molar-refractivity contribution in [2.75, 3.05) is 0 Å². The summed E-state index contributed by atoms with van der Waals surface area (Å²) < 4.78 is 16.9. The number of hydrogen-bond donors (Lipinski definition) is 0. The van der Waals surface area contributed by atoms with E-state index >= 15 is 0 Å². The van der Waals surface area contributed by atoms with E-state index < -0.39 is 23.8 Å². The fraction of sp³-hybridized carbons (Fsp3) is 0.143. The number of ketones is 1. The highest BCUT2D eigenvalue weighted by molar-refractivity contribution is 5.93. The molecule has 0 aromatic heterocycles. The van der Waals surface area contributed by atoms with Crippen molar-refractivity contribution in [1.29, 1.82) is 0 Å². The topological polar surface area (TPSA) is 61.8 Å². The number of ether oxygens (including phenoxy) is 3. The van der Waals surface area contributed by atoms with E-state index in [1.165, 1.54) is 28.3 Å². The summed E-state index contributed by atoms with van der Waals surface area (Å²) in [5, 5.41) is 0. The van der Waals surface area contributed by atoms with Crippen LogP contribution in [0.1, 0.15) is 36.1 Å². The van der Waals surface area contributed by atoms with Gasteiger partial charge in [-0.2, -0.15) is 0 Å². The molecule has 1 aliphatic rings. The van der Waals surface area contributed by atoms with E-state index in [1.807, 2.05) is 36.4 Å². The Morgan fingerprint density at radius 1 is 0.675 bits per heavy atom. The second-order valence-electron chi connectivity index (χ2n) is 9.58. The van der Waals surface area contributed by atoms with E-state index in [-0.39, 0.29) is 5.78 Å². The van der Waals surface area contributed by atoms with Crippen molar-refractivity contribution in [2.45, 2.75) is 31.7 Å². The standard InChI is InChI=1S/C35H30O5/c1-5-33(36)23(3)38-27-19-15-25(16-20-27)35(26-17-21-28(22-18-26)39-24(4)40-34(37)6-2)31-13-9-7-11-29(31)30-12-8-10-14-32(30)35/h5-24H,1-2H2,3-4H3. The molecule has 4 aromatic rings. The van der Waals surface area contributed by atoms with Gasteiger partial charge in [-0.05, 0) is 70.6 Å². The van der Waals surface area contributed by atoms with Gasteiger partial charge in [-0.25, -0.2) is 4.79 Å². The first kappa shape index (κ1) is 26.7. The Balaban J connectivity index is 1.60. The van der Waals surface area contributed by atoms with Crippen LogP contribution >= 0.6 is 0 Å². The van der Waals surface area contributed by atoms with E-state index in [0.717, 1.165) is 17.2 Å². The Hall–Kier alpha value is -4.90. The molecule has 0 radical (unpaired) electrons. The van der Waals surface area contributed by atoms with Crippen LogP contribution in [0.15, 0.2) is 122 Å². The molecule has 2 unspecified atom stereocenters. The van der Waals surface area contributed by atoms with E-state index in [1.54, 1.807) is 13.8 Å². The molecule has 5 rings (SSSR count). The van der Waals surface area contributed by atoms with Crippen molar-refractivity contribution in [1.82, 2.24) is 0 Å². The second-order valence-corrected chi connectivity index (χ2v) is 9.58. The fourth-order valence-corrected chi connectivity index (χ4v) is 5.45. The summed E-state index contributed by atoms with van der Waals surface area (Å²) in [6.07, 6.45) is 1.00. The summed E-state index contributed by atoms with van der Waals surface area (Å²) in [6.45, 7) is 10.3. The van der Waals surface area contributed by atoms with Gasteiger partial charge in [0, 0.05) is 13.0 Å². The van der Waals surface area contributed by atoms with Gasteiger partial charge in [0.15, 0.2) is 11.9 Å². The number of rotatable bonds is 10. The SMILES string of the molecule is C=CC(=O)OC(C)Oc1ccc(C2(c3ccc(OC(C)C(=O)C=C)cc3)c3ccccc3-c3ccccc32)cc1. The maximum Gasteiger partial charge on any atom is 0.333 e. The van der Waals surface area contributed by atoms with E-state index in [9.17, 15) is 9.59 Å². The molecule has 40 heavy (non-hydrogen) atoms. The van der Waals surface area contributed by atoms with Gasteiger partial charge in [0.05, 0.1) is 5.41 Å². The van der Waals surface area contributed by atoms with Gasteiger partial charge in [0.2, 0.25) is 6.29 Å². The van der Waals surface area contributed by atoms with Crippen molar-refractivity contribution in [3.63, 3.8) is 0 Å². The zero-order chi connectivity index (χ0) is 28.3. The lowest BCUT2D eigenvalue weighted by Gasteiger charge is -2.34. The molecular formula is C35H30O5. The Morgan fingerprint density at radius 3 is 1.62 bits per heavy atom. The third kappa shape index (κ3) is 4.71. The van der Waals surface area contributed by atoms with Crippen LogP contribution in [0.5, 0.6) is 11.5 Å². The van der Waals surface area contributed by atoms with Gasteiger partial charge in [0.25, 0.3) is 0 Å². The van der Waals surface area contributed by atoms with Gasteiger partial charge >= 0.3 is 5.97 Å². The molecule has 0 saturated heterocycles. The average molecular weight is 531 g/mol. The molecule has 1 aliphatic carbocycles. The number of esters is 1. The first-order valence-electron chi connectivity index (χ1n) is 13.1. The quantitative estimate of drug-likeness (QED) is 0.110. The van der Waals surface area contributed by atoms with Gasteiger partial charge in [-0.1, -0.05) is 86.0 Å². The van der Waals surface area contributed by atoms with Crippen molar-refractivity contribution in [3.8, 4) is 22.6 Å². The Kier molecular flexibility index (Phi) is 7.39.